The lowest BCUT2D eigenvalue weighted by Crippen LogP contribution is -1.82. The van der Waals surface area contributed by atoms with Crippen LogP contribution in [0.1, 0.15) is 0 Å². The Kier molecular flexibility index (Phi) is 3.43. The largest absolute Gasteiger partial charge is 0.431 e. The van der Waals surface area contributed by atoms with Gasteiger partial charge in [-0.25, -0.2) is 4.98 Å². The summed E-state index contributed by atoms with van der Waals surface area (Å²) in [7, 11) is 0. The van der Waals surface area contributed by atoms with Crippen molar-refractivity contribution in [2.45, 2.75) is 5.22 Å². The second-order valence-electron chi connectivity index (χ2n) is 3.05. The molecule has 1 heterocycles. The molecule has 0 aliphatic rings. The standard InChI is InChI=1S/C10H12N2OS2/c1-14-4-5-15-10-12-8-6-7(11)2-3-9(8)13-10/h2-3,6H,4-5,11H2,1H3. The fourth-order valence-corrected chi connectivity index (χ4v) is 2.68. The maximum atomic E-state index is 5.66. The first kappa shape index (κ1) is 10.7. The molecule has 0 saturated carbocycles. The Bertz CT molecular complexity index is 456. The Hall–Kier alpha value is -0.810. The zero-order valence-electron chi connectivity index (χ0n) is 8.40. The van der Waals surface area contributed by atoms with Crippen molar-refractivity contribution < 1.29 is 4.42 Å². The monoisotopic (exact) mass is 240 g/mol. The number of hydrogen-bond acceptors (Lipinski definition) is 5. The molecule has 0 aliphatic heterocycles. The van der Waals surface area contributed by atoms with Gasteiger partial charge in [0.2, 0.25) is 0 Å². The van der Waals surface area contributed by atoms with E-state index in [4.69, 9.17) is 10.2 Å². The van der Waals surface area contributed by atoms with Gasteiger partial charge in [-0.3, -0.25) is 0 Å². The lowest BCUT2D eigenvalue weighted by molar-refractivity contribution is 0.489. The smallest absolute Gasteiger partial charge is 0.256 e. The second kappa shape index (κ2) is 4.81. The normalized spacial score (nSPS) is 11.0. The molecule has 0 unspecified atom stereocenters. The van der Waals surface area contributed by atoms with Crippen LogP contribution in [0.15, 0.2) is 27.8 Å². The van der Waals surface area contributed by atoms with Crippen molar-refractivity contribution in [2.75, 3.05) is 23.5 Å². The number of nitrogens with two attached hydrogens (primary N) is 1. The number of fused-ring (bicyclic) bond motifs is 1. The van der Waals surface area contributed by atoms with E-state index in [-0.39, 0.29) is 0 Å². The molecule has 3 nitrogen and oxygen atoms in total. The van der Waals surface area contributed by atoms with Crippen LogP contribution in [0.3, 0.4) is 0 Å². The molecule has 0 saturated heterocycles. The summed E-state index contributed by atoms with van der Waals surface area (Å²) in [5.41, 5.74) is 8.02. The molecule has 80 valence electrons. The zero-order valence-corrected chi connectivity index (χ0v) is 10.0. The first-order valence-electron chi connectivity index (χ1n) is 4.57. The minimum absolute atomic E-state index is 0.719. The predicted octanol–water partition coefficient (Wildman–Crippen LogP) is 2.87. The van der Waals surface area contributed by atoms with Crippen LogP contribution in [0, 0.1) is 0 Å². The van der Waals surface area contributed by atoms with Crippen LogP contribution in [0.4, 0.5) is 5.69 Å². The summed E-state index contributed by atoms with van der Waals surface area (Å²) in [6.45, 7) is 0. The predicted molar refractivity (Wildman–Crippen MR) is 67.5 cm³/mol. The number of benzene rings is 1. The van der Waals surface area contributed by atoms with Crippen LogP contribution in [0.2, 0.25) is 0 Å². The fourth-order valence-electron chi connectivity index (χ4n) is 1.20. The number of nitrogens with zero attached hydrogens (tertiary/aromatic N) is 1. The van der Waals surface area contributed by atoms with E-state index in [9.17, 15) is 0 Å². The van der Waals surface area contributed by atoms with Crippen molar-refractivity contribution in [1.29, 1.82) is 0 Å². The van der Waals surface area contributed by atoms with Crippen molar-refractivity contribution >= 4 is 40.3 Å². The quantitative estimate of drug-likeness (QED) is 0.506. The van der Waals surface area contributed by atoms with E-state index in [2.05, 4.69) is 11.2 Å². The number of oxazole rings is 1. The van der Waals surface area contributed by atoms with Gasteiger partial charge in [0.05, 0.1) is 0 Å². The summed E-state index contributed by atoms with van der Waals surface area (Å²) >= 11 is 3.46. The minimum atomic E-state index is 0.719. The third-order valence-corrected chi connectivity index (χ3v) is 3.61. The van der Waals surface area contributed by atoms with Crippen LogP contribution in [-0.4, -0.2) is 22.7 Å². The van der Waals surface area contributed by atoms with Crippen molar-refractivity contribution in [3.63, 3.8) is 0 Å². The van der Waals surface area contributed by atoms with Gasteiger partial charge in [0.15, 0.2) is 5.58 Å². The van der Waals surface area contributed by atoms with E-state index in [0.717, 1.165) is 33.5 Å². The SMILES string of the molecule is CSCCSc1nc2cc(N)ccc2o1. The Labute approximate surface area is 96.8 Å². The van der Waals surface area contributed by atoms with Crippen LogP contribution >= 0.6 is 23.5 Å². The Morgan fingerprint density at radius 1 is 1.40 bits per heavy atom. The minimum Gasteiger partial charge on any atom is -0.431 e. The van der Waals surface area contributed by atoms with E-state index < -0.39 is 0 Å². The number of aromatic nitrogens is 1. The third-order valence-electron chi connectivity index (χ3n) is 1.90. The summed E-state index contributed by atoms with van der Waals surface area (Å²) in [5, 5.41) is 0.727. The molecule has 0 bridgehead atoms. The molecule has 1 aromatic carbocycles. The molecule has 0 amide bonds. The third kappa shape index (κ3) is 2.60. The maximum Gasteiger partial charge on any atom is 0.256 e. The number of hydrogen-bond donors (Lipinski definition) is 1. The van der Waals surface area contributed by atoms with Crippen molar-refractivity contribution in [3.05, 3.63) is 18.2 Å². The van der Waals surface area contributed by atoms with E-state index in [1.807, 2.05) is 30.0 Å². The molecule has 0 radical (unpaired) electrons. The lowest BCUT2D eigenvalue weighted by Gasteiger charge is -1.91. The van der Waals surface area contributed by atoms with Gasteiger partial charge < -0.3 is 10.2 Å². The van der Waals surface area contributed by atoms with Gasteiger partial charge in [-0.1, -0.05) is 11.8 Å². The fraction of sp³-hybridized carbons (Fsp3) is 0.300. The van der Waals surface area contributed by atoms with Crippen LogP contribution in [-0.2, 0) is 0 Å². The second-order valence-corrected chi connectivity index (χ2v) is 5.08. The van der Waals surface area contributed by atoms with Crippen molar-refractivity contribution in [2.24, 2.45) is 0 Å². The zero-order chi connectivity index (χ0) is 10.7. The van der Waals surface area contributed by atoms with E-state index in [0.29, 0.717) is 0 Å². The van der Waals surface area contributed by atoms with Crippen LogP contribution < -0.4 is 5.73 Å². The van der Waals surface area contributed by atoms with Gasteiger partial charge in [-0.05, 0) is 24.5 Å². The summed E-state index contributed by atoms with van der Waals surface area (Å²) in [6, 6.07) is 5.51. The molecule has 1 aromatic heterocycles. The van der Waals surface area contributed by atoms with Gasteiger partial charge in [-0.2, -0.15) is 11.8 Å². The Morgan fingerprint density at radius 3 is 3.07 bits per heavy atom. The highest BCUT2D eigenvalue weighted by Gasteiger charge is 2.05. The molecule has 2 rings (SSSR count). The van der Waals surface area contributed by atoms with Crippen LogP contribution in [0.25, 0.3) is 11.1 Å². The van der Waals surface area contributed by atoms with Gasteiger partial charge in [0.25, 0.3) is 5.22 Å². The lowest BCUT2D eigenvalue weighted by atomic mass is 10.3. The molecule has 2 aromatic rings. The molecule has 5 heteroatoms. The van der Waals surface area contributed by atoms with Gasteiger partial charge >= 0.3 is 0 Å². The van der Waals surface area contributed by atoms with Crippen LogP contribution in [0.5, 0.6) is 0 Å². The van der Waals surface area contributed by atoms with Crippen molar-refractivity contribution in [1.82, 2.24) is 4.98 Å². The van der Waals surface area contributed by atoms with Gasteiger partial charge in [0, 0.05) is 17.2 Å². The topological polar surface area (TPSA) is 52.0 Å². The Morgan fingerprint density at radius 2 is 2.27 bits per heavy atom. The molecule has 0 atom stereocenters. The molecular formula is C10H12N2OS2. The number of thioether (sulfide) groups is 2. The number of nitrogen functional groups attached to an aromatic ring is 1. The summed E-state index contributed by atoms with van der Waals surface area (Å²) in [6.07, 6.45) is 2.09. The van der Waals surface area contributed by atoms with Crippen molar-refractivity contribution in [3.8, 4) is 0 Å². The molecule has 0 fully saturated rings. The van der Waals surface area contributed by atoms with E-state index >= 15 is 0 Å². The first-order valence-corrected chi connectivity index (χ1v) is 6.95. The van der Waals surface area contributed by atoms with E-state index in [1.165, 1.54) is 0 Å². The summed E-state index contributed by atoms with van der Waals surface area (Å²) in [4.78, 5) is 4.35. The summed E-state index contributed by atoms with van der Waals surface area (Å²) in [5.74, 6) is 2.12. The highest BCUT2D eigenvalue weighted by atomic mass is 32.2. The molecule has 15 heavy (non-hydrogen) atoms. The van der Waals surface area contributed by atoms with E-state index in [1.54, 1.807) is 11.8 Å². The first-order chi connectivity index (χ1) is 7.29. The molecule has 2 N–H and O–H groups in total. The molecule has 0 aliphatic carbocycles. The molecule has 0 spiro atoms. The number of rotatable bonds is 4. The van der Waals surface area contributed by atoms with Gasteiger partial charge in [-0.15, -0.1) is 0 Å². The number of anilines is 1. The average molecular weight is 240 g/mol. The average Bonchev–Trinajstić information content (AvgIpc) is 2.60. The maximum absolute atomic E-state index is 5.66. The summed E-state index contributed by atoms with van der Waals surface area (Å²) < 4.78 is 5.56. The highest BCUT2D eigenvalue weighted by molar-refractivity contribution is 8.02. The molecular weight excluding hydrogens is 228 g/mol. The van der Waals surface area contributed by atoms with Gasteiger partial charge in [0.1, 0.15) is 5.52 Å². The highest BCUT2D eigenvalue weighted by Crippen LogP contribution is 2.24. The Balaban J connectivity index is 2.16.